The second-order valence-corrected chi connectivity index (χ2v) is 6.36. The van der Waals surface area contributed by atoms with Crippen molar-refractivity contribution in [3.05, 3.63) is 64.5 Å². The van der Waals surface area contributed by atoms with E-state index in [1.165, 1.54) is 22.3 Å². The maximum atomic E-state index is 12.6. The number of amides is 1. The van der Waals surface area contributed by atoms with Crippen molar-refractivity contribution in [3.8, 4) is 5.75 Å². The predicted octanol–water partition coefficient (Wildman–Crippen LogP) is 3.67. The van der Waals surface area contributed by atoms with Gasteiger partial charge in [-0.05, 0) is 30.3 Å². The molecule has 0 atom stereocenters. The van der Waals surface area contributed by atoms with Gasteiger partial charge >= 0.3 is 5.63 Å². The van der Waals surface area contributed by atoms with E-state index in [0.29, 0.717) is 26.6 Å². The highest BCUT2D eigenvalue weighted by Gasteiger charge is 2.18. The Bertz CT molecular complexity index is 1020. The van der Waals surface area contributed by atoms with Crippen LogP contribution in [0.5, 0.6) is 5.75 Å². The van der Waals surface area contributed by atoms with Crippen molar-refractivity contribution >= 4 is 38.3 Å². The molecule has 3 rings (SSSR count). The number of carbonyl (C=O) groups is 1. The van der Waals surface area contributed by atoms with Crippen LogP contribution in [0.1, 0.15) is 15.9 Å². The highest BCUT2D eigenvalue weighted by Crippen LogP contribution is 2.33. The molecule has 0 bridgehead atoms. The summed E-state index contributed by atoms with van der Waals surface area (Å²) in [4.78, 5) is 25.9. The molecule has 0 radical (unpaired) electrons. The summed E-state index contributed by atoms with van der Waals surface area (Å²) in [7, 11) is 3.20. The Morgan fingerprint density at radius 3 is 2.56 bits per heavy atom. The van der Waals surface area contributed by atoms with Crippen LogP contribution in [0.4, 0.5) is 5.00 Å². The fourth-order valence-electron chi connectivity index (χ4n) is 2.29. The van der Waals surface area contributed by atoms with Crippen molar-refractivity contribution in [1.82, 2.24) is 0 Å². The van der Waals surface area contributed by atoms with Gasteiger partial charge in [-0.2, -0.15) is 0 Å². The van der Waals surface area contributed by atoms with Gasteiger partial charge in [-0.3, -0.25) is 4.79 Å². The van der Waals surface area contributed by atoms with Crippen molar-refractivity contribution in [3.63, 3.8) is 0 Å². The molecular formula is C18H15NO5S. The highest BCUT2D eigenvalue weighted by atomic mass is 32.1. The number of methoxy groups -OCH3 is 1. The van der Waals surface area contributed by atoms with E-state index in [1.54, 1.807) is 44.5 Å². The van der Waals surface area contributed by atoms with E-state index in [4.69, 9.17) is 9.15 Å². The molecule has 0 aliphatic rings. The summed E-state index contributed by atoms with van der Waals surface area (Å²) in [6.45, 7) is 3.34. The van der Waals surface area contributed by atoms with Crippen molar-refractivity contribution in [2.75, 3.05) is 19.1 Å². The van der Waals surface area contributed by atoms with Gasteiger partial charge in [0.15, 0.2) is 5.58 Å². The lowest BCUT2D eigenvalue weighted by Gasteiger charge is -2.14. The molecule has 0 unspecified atom stereocenters. The average molecular weight is 357 g/mol. The molecule has 6 nitrogen and oxygen atoms in total. The maximum absolute atomic E-state index is 12.6. The van der Waals surface area contributed by atoms with E-state index in [2.05, 4.69) is 6.58 Å². The van der Waals surface area contributed by atoms with Crippen molar-refractivity contribution in [1.29, 1.82) is 0 Å². The quantitative estimate of drug-likeness (QED) is 0.721. The number of carbonyl (C=O) groups excluding carboxylic acids is 1. The van der Waals surface area contributed by atoms with Crippen LogP contribution in [0.15, 0.2) is 52.2 Å². The van der Waals surface area contributed by atoms with Crippen molar-refractivity contribution < 1.29 is 19.1 Å². The Balaban J connectivity index is 1.95. The minimum Gasteiger partial charge on any atom is -0.508 e. The minimum atomic E-state index is -0.673. The number of hydrogen-bond acceptors (Lipinski definition) is 6. The van der Waals surface area contributed by atoms with Gasteiger partial charge in [-0.25, -0.2) is 4.79 Å². The first-order valence-electron chi connectivity index (χ1n) is 7.28. The third kappa shape index (κ3) is 3.14. The third-order valence-corrected chi connectivity index (χ3v) is 4.83. The van der Waals surface area contributed by atoms with Crippen LogP contribution >= 0.6 is 11.3 Å². The first-order chi connectivity index (χ1) is 11.9. The first-order valence-corrected chi connectivity index (χ1v) is 8.10. The normalized spacial score (nSPS) is 10.6. The molecule has 2 heterocycles. The van der Waals surface area contributed by atoms with Crippen LogP contribution in [0.2, 0.25) is 0 Å². The zero-order valence-corrected chi connectivity index (χ0v) is 14.4. The lowest BCUT2D eigenvalue weighted by Crippen LogP contribution is -2.25. The molecule has 3 aromatic rings. The molecule has 0 spiro atoms. The number of aliphatic hydroxyl groups is 1. The molecule has 1 amide bonds. The fourth-order valence-corrected chi connectivity index (χ4v) is 3.28. The molecule has 0 saturated carbocycles. The smallest absolute Gasteiger partial charge is 0.347 e. The van der Waals surface area contributed by atoms with Crippen molar-refractivity contribution in [2.45, 2.75) is 0 Å². The molecule has 0 fully saturated rings. The Hall–Kier alpha value is -3.06. The summed E-state index contributed by atoms with van der Waals surface area (Å²) in [5, 5.41) is 10.0. The van der Waals surface area contributed by atoms with E-state index >= 15 is 0 Å². The number of ether oxygens (including phenoxy) is 1. The van der Waals surface area contributed by atoms with E-state index in [0.717, 1.165) is 0 Å². The van der Waals surface area contributed by atoms with Crippen LogP contribution in [-0.4, -0.2) is 25.2 Å². The van der Waals surface area contributed by atoms with Crippen LogP contribution in [-0.2, 0) is 0 Å². The highest BCUT2D eigenvalue weighted by molar-refractivity contribution is 7.22. The number of aliphatic hydroxyl groups excluding tert-OH is 1. The summed E-state index contributed by atoms with van der Waals surface area (Å²) in [6, 6.07) is 9.91. The molecule has 128 valence electrons. The summed E-state index contributed by atoms with van der Waals surface area (Å²) in [5.41, 5.74) is 0.189. The Morgan fingerprint density at radius 2 is 1.96 bits per heavy atom. The molecule has 1 N–H and O–H groups in total. The van der Waals surface area contributed by atoms with Gasteiger partial charge in [0.2, 0.25) is 0 Å². The van der Waals surface area contributed by atoms with Gasteiger partial charge in [-0.1, -0.05) is 6.58 Å². The number of fused-ring (bicyclic) bond motifs is 1. The molecule has 7 heteroatoms. The van der Waals surface area contributed by atoms with Crippen molar-refractivity contribution in [2.24, 2.45) is 0 Å². The van der Waals surface area contributed by atoms with Crippen LogP contribution < -0.4 is 15.3 Å². The number of nitrogens with zero attached hydrogens (tertiary/aromatic N) is 1. The Kier molecular flexibility index (Phi) is 4.33. The van der Waals surface area contributed by atoms with Gasteiger partial charge in [-0.15, -0.1) is 11.3 Å². The third-order valence-electron chi connectivity index (χ3n) is 3.69. The summed E-state index contributed by atoms with van der Waals surface area (Å²) in [6.07, 6.45) is 0. The van der Waals surface area contributed by atoms with Gasteiger partial charge in [0, 0.05) is 18.7 Å². The maximum Gasteiger partial charge on any atom is 0.347 e. The van der Waals surface area contributed by atoms with Crippen LogP contribution in [0.25, 0.3) is 16.0 Å². The van der Waals surface area contributed by atoms with Crippen LogP contribution in [0, 0.1) is 0 Å². The van der Waals surface area contributed by atoms with E-state index in [-0.39, 0.29) is 17.2 Å². The van der Waals surface area contributed by atoms with Gasteiger partial charge in [0.05, 0.1) is 11.8 Å². The molecule has 25 heavy (non-hydrogen) atoms. The zero-order valence-electron chi connectivity index (χ0n) is 13.6. The number of benzene rings is 1. The number of anilines is 1. The number of hydrogen-bond donors (Lipinski definition) is 1. The summed E-state index contributed by atoms with van der Waals surface area (Å²) >= 11 is 1.27. The van der Waals surface area contributed by atoms with Crippen LogP contribution in [0.3, 0.4) is 0 Å². The molecule has 0 aliphatic heterocycles. The average Bonchev–Trinajstić information content (AvgIpc) is 3.02. The fraction of sp³-hybridized carbons (Fsp3) is 0.111. The van der Waals surface area contributed by atoms with E-state index in [9.17, 15) is 14.7 Å². The first kappa shape index (κ1) is 16.8. The number of thiophene rings is 1. The largest absolute Gasteiger partial charge is 0.508 e. The van der Waals surface area contributed by atoms with Gasteiger partial charge in [0.25, 0.3) is 5.91 Å². The van der Waals surface area contributed by atoms with Gasteiger partial charge < -0.3 is 19.2 Å². The van der Waals surface area contributed by atoms with Gasteiger partial charge in [0.1, 0.15) is 22.1 Å². The lowest BCUT2D eigenvalue weighted by atomic mass is 10.2. The molecular weight excluding hydrogens is 342 g/mol. The summed E-state index contributed by atoms with van der Waals surface area (Å²) in [5.74, 6) is 0.108. The molecule has 1 aromatic carbocycles. The second kappa shape index (κ2) is 6.45. The standard InChI is InChI=1S/C18H15NO5S/c1-10(20)13-8-15-14(24-18(13)22)9-16(25-15)19(2)17(21)11-4-6-12(23-3)7-5-11/h4-9,20H,1H2,2-3H3. The number of rotatable bonds is 4. The SMILES string of the molecule is C=C(O)c1cc2sc(N(C)C(=O)c3ccc(OC)cc3)cc2oc1=O. The Labute approximate surface area is 147 Å². The minimum absolute atomic E-state index is 0.00466. The topological polar surface area (TPSA) is 80.0 Å². The Morgan fingerprint density at radius 1 is 1.28 bits per heavy atom. The second-order valence-electron chi connectivity index (χ2n) is 5.30. The van der Waals surface area contributed by atoms with E-state index in [1.807, 2.05) is 0 Å². The molecule has 2 aromatic heterocycles. The molecule has 0 saturated heterocycles. The zero-order chi connectivity index (χ0) is 18.1. The monoisotopic (exact) mass is 357 g/mol. The lowest BCUT2D eigenvalue weighted by molar-refractivity contribution is 0.0993. The summed E-state index contributed by atoms with van der Waals surface area (Å²) < 4.78 is 10.9. The predicted molar refractivity (Wildman–Crippen MR) is 97.8 cm³/mol. The van der Waals surface area contributed by atoms with E-state index < -0.39 is 5.63 Å². The molecule has 0 aliphatic carbocycles.